The van der Waals surface area contributed by atoms with Crippen LogP contribution in [0.1, 0.15) is 29.3 Å². The van der Waals surface area contributed by atoms with Crippen LogP contribution in [0, 0.1) is 0 Å². The minimum Gasteiger partial charge on any atom is -0.496 e. The van der Waals surface area contributed by atoms with Crippen molar-refractivity contribution in [2.45, 2.75) is 25.0 Å². The van der Waals surface area contributed by atoms with Gasteiger partial charge in [-0.05, 0) is 42.0 Å². The molecule has 1 fully saturated rings. The van der Waals surface area contributed by atoms with Crippen molar-refractivity contribution in [3.05, 3.63) is 46.2 Å². The molecular weight excluding hydrogens is 272 g/mol. The van der Waals surface area contributed by atoms with Crippen molar-refractivity contribution in [1.82, 2.24) is 5.43 Å². The third kappa shape index (κ3) is 2.80. The van der Waals surface area contributed by atoms with Gasteiger partial charge in [-0.15, -0.1) is 11.3 Å². The molecule has 20 heavy (non-hydrogen) atoms. The Bertz CT molecular complexity index is 581. The van der Waals surface area contributed by atoms with Crippen LogP contribution in [0.25, 0.3) is 0 Å². The Morgan fingerprint density at radius 1 is 1.35 bits per heavy atom. The molecule has 4 nitrogen and oxygen atoms in total. The standard InChI is InChI=1S/C15H18N2O2S/c1-18-13-7-8-20-15(13)14(17-16)10-3-2-4-12(9-10)19-11-5-6-11/h2-4,7-9,11,14,17H,5-6,16H2,1H3. The molecule has 1 atom stereocenters. The molecule has 1 aromatic carbocycles. The predicted octanol–water partition coefficient (Wildman–Crippen LogP) is 2.85. The van der Waals surface area contributed by atoms with E-state index in [2.05, 4.69) is 5.43 Å². The number of rotatable bonds is 6. The Kier molecular flexibility index (Phi) is 3.91. The summed E-state index contributed by atoms with van der Waals surface area (Å²) in [6.45, 7) is 0. The highest BCUT2D eigenvalue weighted by atomic mass is 32.1. The molecule has 0 amide bonds. The number of benzene rings is 1. The van der Waals surface area contributed by atoms with Crippen LogP contribution in [-0.2, 0) is 0 Å². The zero-order valence-corrected chi connectivity index (χ0v) is 12.2. The van der Waals surface area contributed by atoms with E-state index in [1.54, 1.807) is 18.4 Å². The van der Waals surface area contributed by atoms with Gasteiger partial charge >= 0.3 is 0 Å². The van der Waals surface area contributed by atoms with Crippen LogP contribution in [0.15, 0.2) is 35.7 Å². The molecule has 106 valence electrons. The van der Waals surface area contributed by atoms with Crippen LogP contribution in [0.2, 0.25) is 0 Å². The number of hydrogen-bond acceptors (Lipinski definition) is 5. The van der Waals surface area contributed by atoms with Gasteiger partial charge in [0.2, 0.25) is 0 Å². The van der Waals surface area contributed by atoms with Gasteiger partial charge in [0.05, 0.1) is 24.1 Å². The molecule has 0 radical (unpaired) electrons. The molecule has 2 aromatic rings. The number of methoxy groups -OCH3 is 1. The van der Waals surface area contributed by atoms with Gasteiger partial charge < -0.3 is 9.47 Å². The minimum atomic E-state index is -0.0901. The third-order valence-corrected chi connectivity index (χ3v) is 4.29. The first-order valence-electron chi connectivity index (χ1n) is 6.66. The molecule has 1 aliphatic carbocycles. The average molecular weight is 290 g/mol. The summed E-state index contributed by atoms with van der Waals surface area (Å²) in [7, 11) is 1.67. The quantitative estimate of drug-likeness (QED) is 0.634. The van der Waals surface area contributed by atoms with Crippen LogP contribution < -0.4 is 20.7 Å². The summed E-state index contributed by atoms with van der Waals surface area (Å²) in [4.78, 5) is 1.07. The second kappa shape index (κ2) is 5.83. The highest BCUT2D eigenvalue weighted by molar-refractivity contribution is 7.10. The van der Waals surface area contributed by atoms with E-state index in [1.807, 2.05) is 35.7 Å². The number of thiophene rings is 1. The second-order valence-corrected chi connectivity index (χ2v) is 5.79. The first-order chi connectivity index (χ1) is 9.81. The smallest absolute Gasteiger partial charge is 0.134 e. The van der Waals surface area contributed by atoms with Crippen molar-refractivity contribution < 1.29 is 9.47 Å². The predicted molar refractivity (Wildman–Crippen MR) is 80.1 cm³/mol. The lowest BCUT2D eigenvalue weighted by molar-refractivity contribution is 0.302. The zero-order chi connectivity index (χ0) is 13.9. The molecule has 5 heteroatoms. The van der Waals surface area contributed by atoms with Gasteiger partial charge in [-0.1, -0.05) is 12.1 Å². The molecule has 3 N–H and O–H groups in total. The molecule has 1 unspecified atom stereocenters. The van der Waals surface area contributed by atoms with Crippen LogP contribution in [0.4, 0.5) is 0 Å². The number of nitrogens with two attached hydrogens (primary N) is 1. The number of hydrogen-bond donors (Lipinski definition) is 2. The van der Waals surface area contributed by atoms with Crippen LogP contribution in [0.5, 0.6) is 11.5 Å². The maximum absolute atomic E-state index is 5.84. The van der Waals surface area contributed by atoms with Crippen LogP contribution in [0.3, 0.4) is 0 Å². The van der Waals surface area contributed by atoms with Gasteiger partial charge in [0, 0.05) is 0 Å². The lowest BCUT2D eigenvalue weighted by Gasteiger charge is -2.17. The molecule has 0 spiro atoms. The van der Waals surface area contributed by atoms with E-state index in [-0.39, 0.29) is 6.04 Å². The van der Waals surface area contributed by atoms with Gasteiger partial charge in [-0.25, -0.2) is 5.43 Å². The second-order valence-electron chi connectivity index (χ2n) is 4.84. The van der Waals surface area contributed by atoms with Crippen molar-refractivity contribution >= 4 is 11.3 Å². The lowest BCUT2D eigenvalue weighted by Crippen LogP contribution is -2.28. The highest BCUT2D eigenvalue weighted by Gasteiger charge is 2.24. The topological polar surface area (TPSA) is 56.5 Å². The molecular formula is C15H18N2O2S. The van der Waals surface area contributed by atoms with E-state index in [0.717, 1.165) is 34.8 Å². The average Bonchev–Trinajstić information content (AvgIpc) is 3.16. The Hall–Kier alpha value is -1.56. The molecule has 1 saturated carbocycles. The molecule has 3 rings (SSSR count). The maximum atomic E-state index is 5.84. The molecule has 0 aliphatic heterocycles. The number of ether oxygens (including phenoxy) is 2. The highest BCUT2D eigenvalue weighted by Crippen LogP contribution is 2.36. The summed E-state index contributed by atoms with van der Waals surface area (Å²) < 4.78 is 11.2. The van der Waals surface area contributed by atoms with Crippen LogP contribution >= 0.6 is 11.3 Å². The Morgan fingerprint density at radius 2 is 2.20 bits per heavy atom. The summed E-state index contributed by atoms with van der Waals surface area (Å²) in [5.41, 5.74) is 3.94. The van der Waals surface area contributed by atoms with Gasteiger partial charge in [-0.2, -0.15) is 0 Å². The summed E-state index contributed by atoms with van der Waals surface area (Å²) in [5.74, 6) is 7.50. The Morgan fingerprint density at radius 3 is 2.90 bits per heavy atom. The van der Waals surface area contributed by atoms with Crippen molar-refractivity contribution in [2.75, 3.05) is 7.11 Å². The van der Waals surface area contributed by atoms with Gasteiger partial charge in [0.1, 0.15) is 11.5 Å². The first kappa shape index (κ1) is 13.4. The fourth-order valence-corrected chi connectivity index (χ4v) is 3.10. The number of hydrazine groups is 1. The molecule has 1 aromatic heterocycles. The van der Waals surface area contributed by atoms with E-state index in [0.29, 0.717) is 6.10 Å². The van der Waals surface area contributed by atoms with Gasteiger partial charge in [0.15, 0.2) is 0 Å². The number of nitrogens with one attached hydrogen (secondary N) is 1. The SMILES string of the molecule is COc1ccsc1C(NN)c1cccc(OC2CC2)c1. The largest absolute Gasteiger partial charge is 0.496 e. The third-order valence-electron chi connectivity index (χ3n) is 3.32. The summed E-state index contributed by atoms with van der Waals surface area (Å²) in [6.07, 6.45) is 2.70. The zero-order valence-electron chi connectivity index (χ0n) is 11.3. The summed E-state index contributed by atoms with van der Waals surface area (Å²) in [5, 5.41) is 2.00. The molecule has 0 bridgehead atoms. The van der Waals surface area contributed by atoms with Gasteiger partial charge in [0.25, 0.3) is 0 Å². The first-order valence-corrected chi connectivity index (χ1v) is 7.54. The van der Waals surface area contributed by atoms with E-state index in [1.165, 1.54) is 0 Å². The van der Waals surface area contributed by atoms with Crippen LogP contribution in [-0.4, -0.2) is 13.2 Å². The van der Waals surface area contributed by atoms with E-state index in [9.17, 15) is 0 Å². The van der Waals surface area contributed by atoms with Crippen molar-refractivity contribution in [3.63, 3.8) is 0 Å². The monoisotopic (exact) mass is 290 g/mol. The minimum absolute atomic E-state index is 0.0901. The van der Waals surface area contributed by atoms with Crippen molar-refractivity contribution in [3.8, 4) is 11.5 Å². The van der Waals surface area contributed by atoms with Crippen molar-refractivity contribution in [2.24, 2.45) is 5.84 Å². The Labute approximate surface area is 122 Å². The fraction of sp³-hybridized carbons (Fsp3) is 0.333. The van der Waals surface area contributed by atoms with E-state index >= 15 is 0 Å². The van der Waals surface area contributed by atoms with E-state index < -0.39 is 0 Å². The summed E-state index contributed by atoms with van der Waals surface area (Å²) >= 11 is 1.63. The molecule has 1 heterocycles. The summed E-state index contributed by atoms with van der Waals surface area (Å²) in [6, 6.07) is 9.94. The Balaban J connectivity index is 1.88. The van der Waals surface area contributed by atoms with Crippen molar-refractivity contribution in [1.29, 1.82) is 0 Å². The molecule has 1 aliphatic rings. The maximum Gasteiger partial charge on any atom is 0.134 e. The normalized spacial score (nSPS) is 15.9. The van der Waals surface area contributed by atoms with E-state index in [4.69, 9.17) is 15.3 Å². The van der Waals surface area contributed by atoms with Gasteiger partial charge in [-0.3, -0.25) is 5.84 Å². The lowest BCUT2D eigenvalue weighted by atomic mass is 10.1. The fourth-order valence-electron chi connectivity index (χ4n) is 2.16. The molecule has 0 saturated heterocycles.